The van der Waals surface area contributed by atoms with Crippen LogP contribution in [0.4, 0.5) is 23.3 Å². The fraction of sp³-hybridized carbons (Fsp3) is 0.402. The summed E-state index contributed by atoms with van der Waals surface area (Å²) >= 11 is 0. The fourth-order valence-corrected chi connectivity index (χ4v) is 23.0. The number of anilines is 4. The van der Waals surface area contributed by atoms with E-state index in [1.54, 1.807) is 62.8 Å². The van der Waals surface area contributed by atoms with Crippen molar-refractivity contribution in [1.29, 1.82) is 0 Å². The second-order valence-electron chi connectivity index (χ2n) is 40.8. The highest BCUT2D eigenvalue weighted by atomic mass is 16.2. The van der Waals surface area contributed by atoms with Crippen LogP contribution in [0.15, 0.2) is 159 Å². The molecule has 4 spiro atoms. The van der Waals surface area contributed by atoms with Crippen LogP contribution in [0.2, 0.25) is 0 Å². The summed E-state index contributed by atoms with van der Waals surface area (Å²) in [6.07, 6.45) is 29.6. The van der Waals surface area contributed by atoms with E-state index in [0.29, 0.717) is 116 Å². The molecule has 736 valence electrons. The van der Waals surface area contributed by atoms with E-state index in [2.05, 4.69) is 136 Å². The Kier molecular flexibility index (Phi) is 26.0. The molecule has 4 aromatic carbocycles. The number of hydrogen-bond donors (Lipinski definition) is 8. The van der Waals surface area contributed by atoms with E-state index in [1.807, 2.05) is 102 Å². The van der Waals surface area contributed by atoms with Gasteiger partial charge in [-0.1, -0.05) is 133 Å². The molecule has 10 fully saturated rings. The monoisotopic (exact) mass is 1920 g/mol. The quantitative estimate of drug-likeness (QED) is 0.0218. The fourth-order valence-electron chi connectivity index (χ4n) is 23.0. The SMILES string of the molecule is C=CC(=O)N1CCC2(CC(n3nc(-c4cnn(Cc5cccc(C6CC6)c5)c4)c(C(N)=O)c3N)C2)C1.CC#CC(=O)N1CCC2(CC(n3nc(-c4cn(Cc5cccc(C)c5)nc4C)c(C(N)=O)c3N)C2)C1.CC#CC(=O)N1CCC2(CC(n3nc(-c4cnn(Cc5cccc(C6CC6)c5)c4)c(C(N)=O)c3N)C2)C1.CC#CC(=O)N1CCC2(CC(n3nc(-c4cnn(Cc5ccccc5)c4)c(C(N)=O)c3N)C2)C1. The molecule has 6 aliphatic carbocycles. The number of benzene rings is 4. The van der Waals surface area contributed by atoms with Crippen LogP contribution in [-0.2, 0) is 45.4 Å². The number of aryl methyl sites for hydroxylation is 2. The number of primary amides is 4. The lowest BCUT2D eigenvalue weighted by molar-refractivity contribution is -0.126. The zero-order chi connectivity index (χ0) is 100. The van der Waals surface area contributed by atoms with E-state index < -0.39 is 23.6 Å². The Morgan fingerprint density at radius 2 is 0.699 bits per heavy atom. The van der Waals surface area contributed by atoms with E-state index >= 15 is 0 Å². The number of carbonyl (C=O) groups is 8. The molecule has 8 aromatic heterocycles. The molecule has 22 rings (SSSR count). The van der Waals surface area contributed by atoms with E-state index in [4.69, 9.17) is 66.3 Å². The highest BCUT2D eigenvalue weighted by Crippen LogP contribution is 2.59. The first-order chi connectivity index (χ1) is 68.8. The molecule has 143 heavy (non-hydrogen) atoms. The van der Waals surface area contributed by atoms with Gasteiger partial charge in [-0.2, -0.15) is 40.8 Å². The molecule has 4 saturated heterocycles. The van der Waals surface area contributed by atoms with Crippen LogP contribution in [0.1, 0.15) is 246 Å². The molecule has 0 unspecified atom stereocenters. The molecule has 0 bridgehead atoms. The van der Waals surface area contributed by atoms with Gasteiger partial charge in [0.25, 0.3) is 41.4 Å². The van der Waals surface area contributed by atoms with Gasteiger partial charge in [-0.3, -0.25) is 57.1 Å². The zero-order valence-electron chi connectivity index (χ0n) is 81.2. The summed E-state index contributed by atoms with van der Waals surface area (Å²) in [5.41, 5.74) is 63.8. The van der Waals surface area contributed by atoms with Crippen molar-refractivity contribution in [3.63, 3.8) is 0 Å². The molecule has 8 amide bonds. The second kappa shape index (κ2) is 38.9. The molecule has 16 N–H and O–H groups in total. The third-order valence-electron chi connectivity index (χ3n) is 30.5. The molecule has 36 heteroatoms. The van der Waals surface area contributed by atoms with Crippen LogP contribution in [-0.4, -0.2) is 197 Å². The average molecular weight is 1930 g/mol. The molecule has 12 aromatic rings. The smallest absolute Gasteiger partial charge is 0.298 e. The number of hydrogen-bond acceptors (Lipinski definition) is 20. The maximum Gasteiger partial charge on any atom is 0.298 e. The lowest BCUT2D eigenvalue weighted by Gasteiger charge is -2.45. The van der Waals surface area contributed by atoms with Crippen LogP contribution >= 0.6 is 0 Å². The van der Waals surface area contributed by atoms with Crippen molar-refractivity contribution in [3.05, 3.63) is 226 Å². The molecule has 6 saturated carbocycles. The summed E-state index contributed by atoms with van der Waals surface area (Å²) in [5.74, 6) is 15.7. The van der Waals surface area contributed by atoms with E-state index in [1.165, 1.54) is 59.6 Å². The predicted octanol–water partition coefficient (Wildman–Crippen LogP) is 10.7. The molecular formula is C107H120N28O8. The van der Waals surface area contributed by atoms with Crippen molar-refractivity contribution >= 4 is 70.5 Å². The Morgan fingerprint density at radius 3 is 1.04 bits per heavy atom. The molecule has 36 nitrogen and oxygen atoms in total. The summed E-state index contributed by atoms with van der Waals surface area (Å²) in [6.45, 7) is 20.7. The number of likely N-dealkylation sites (tertiary alicyclic amines) is 4. The second-order valence-corrected chi connectivity index (χ2v) is 40.8. The number of nitrogens with two attached hydrogens (primary N) is 8. The predicted molar refractivity (Wildman–Crippen MR) is 539 cm³/mol. The number of nitrogens with zero attached hydrogens (tertiary/aromatic N) is 20. The highest BCUT2D eigenvalue weighted by molar-refractivity contribution is 6.06. The molecule has 4 aliphatic heterocycles. The third-order valence-corrected chi connectivity index (χ3v) is 30.5. The van der Waals surface area contributed by atoms with Crippen molar-refractivity contribution in [2.75, 3.05) is 75.3 Å². The van der Waals surface area contributed by atoms with Crippen LogP contribution in [0, 0.1) is 71.0 Å². The minimum absolute atomic E-state index is 0.0245. The Balaban J connectivity index is 0.000000121. The maximum absolute atomic E-state index is 12.4. The Morgan fingerprint density at radius 1 is 0.385 bits per heavy atom. The standard InChI is InChI=1S/C28H31N7O2.2C27H31N7O2.C25H27N7O2/c1-2-4-23(36)33-10-9-28(17-33)12-22(13-28)35-26(29)24(27(30)37)25(32-35)21-14-31-34(16-21)15-18-5-3-6-20(11-18)19-7-8-19;1-2-22(35)32-9-8-27(16-32)11-21(12-27)34-25(28)23(26(29)36)24(31-34)20-13-30-33(15-20)14-17-4-3-5-19(10-17)18-6-7-18;1-4-6-22(35)32-10-9-27(16-32)12-20(13-27)34-25(28)23(26(29)36)24(31-34)21-15-33(30-18(21)3)14-19-8-5-7-17(2)11-19;1-2-6-20(33)30-10-9-25(16-30)11-19(12-25)32-23(26)21(24(27)34)22(29-32)18-13-28-31(15-18)14-17-7-4-3-5-8-17/h3,5-6,11,14,16,19,22H,7-10,12-13,15,17,29H2,1H3,(H2,30,37);2-5,10,13,15,18,21H,1,6-9,11-12,14,16,28H2,(H2,29,36);5,7-8,11,15,20H,9-10,12-14,16,28H2,1-3H3,(H2,29,36);3-5,7-8,13,15,19H,9-12,14,16,26H2,1H3,(H2,27,34). The van der Waals surface area contributed by atoms with E-state index in [9.17, 15) is 38.4 Å². The van der Waals surface area contributed by atoms with Crippen LogP contribution in [0.5, 0.6) is 0 Å². The lowest BCUT2D eigenvalue weighted by Crippen LogP contribution is -2.42. The third kappa shape index (κ3) is 19.6. The van der Waals surface area contributed by atoms with Crippen molar-refractivity contribution in [2.24, 2.45) is 44.6 Å². The van der Waals surface area contributed by atoms with Crippen LogP contribution in [0.3, 0.4) is 0 Å². The first kappa shape index (κ1) is 95.8. The minimum atomic E-state index is -0.612. The number of aromatic nitrogens is 16. The van der Waals surface area contributed by atoms with Gasteiger partial charge in [-0.25, -0.2) is 18.7 Å². The van der Waals surface area contributed by atoms with Crippen LogP contribution < -0.4 is 45.9 Å². The Labute approximate surface area is 828 Å². The largest absolute Gasteiger partial charge is 0.383 e. The summed E-state index contributed by atoms with van der Waals surface area (Å²) in [7, 11) is 0. The minimum Gasteiger partial charge on any atom is -0.383 e. The Bertz CT molecular complexity index is 7220. The van der Waals surface area contributed by atoms with E-state index in [-0.39, 0.29) is 109 Å². The number of nitrogen functional groups attached to an aromatic ring is 4. The molecule has 12 heterocycles. The molecular weight excluding hydrogens is 1810 g/mol. The van der Waals surface area contributed by atoms with Gasteiger partial charge in [-0.05, 0) is 228 Å². The summed E-state index contributed by atoms with van der Waals surface area (Å²) in [5, 5.41) is 37.1. The van der Waals surface area contributed by atoms with Gasteiger partial charge in [0.05, 0.1) is 74.6 Å². The normalized spacial score (nSPS) is 21.9. The van der Waals surface area contributed by atoms with Gasteiger partial charge in [0.15, 0.2) is 0 Å². The first-order valence-electron chi connectivity index (χ1n) is 49.0. The number of carbonyl (C=O) groups excluding carboxylic acids is 8. The first-order valence-corrected chi connectivity index (χ1v) is 49.0. The van der Waals surface area contributed by atoms with Crippen molar-refractivity contribution < 1.29 is 38.4 Å². The highest BCUT2D eigenvalue weighted by Gasteiger charge is 2.56. The van der Waals surface area contributed by atoms with Gasteiger partial charge in [0.1, 0.15) is 68.3 Å². The average Bonchev–Trinajstić information content (AvgIpc) is 1.59. The number of rotatable bonds is 23. The van der Waals surface area contributed by atoms with Crippen molar-refractivity contribution in [2.45, 2.75) is 200 Å². The van der Waals surface area contributed by atoms with Gasteiger partial charge in [0, 0.05) is 99.4 Å². The van der Waals surface area contributed by atoms with Crippen LogP contribution in [0.25, 0.3) is 45.0 Å². The molecule has 10 aliphatic rings. The summed E-state index contributed by atoms with van der Waals surface area (Å²) < 4.78 is 14.3. The lowest BCUT2D eigenvalue weighted by atomic mass is 9.65. The topological polar surface area (TPSA) is 500 Å². The zero-order valence-corrected chi connectivity index (χ0v) is 81.2. The van der Waals surface area contributed by atoms with E-state index in [0.717, 1.165) is 119 Å². The Hall–Kier alpha value is -16.1. The maximum atomic E-state index is 12.4. The number of amides is 8. The van der Waals surface area contributed by atoms with Gasteiger partial charge < -0.3 is 65.5 Å². The summed E-state index contributed by atoms with van der Waals surface area (Å²) in [4.78, 5) is 105. The van der Waals surface area contributed by atoms with Gasteiger partial charge in [0.2, 0.25) is 5.91 Å². The van der Waals surface area contributed by atoms with Gasteiger partial charge >= 0.3 is 0 Å². The van der Waals surface area contributed by atoms with Crippen molar-refractivity contribution in [1.82, 2.24) is 97.8 Å². The molecule has 0 atom stereocenters. The van der Waals surface area contributed by atoms with Crippen molar-refractivity contribution in [3.8, 4) is 80.6 Å². The molecule has 0 radical (unpaired) electrons. The summed E-state index contributed by atoms with van der Waals surface area (Å²) in [6, 6.07) is 35.8. The van der Waals surface area contributed by atoms with Gasteiger partial charge in [-0.15, -0.1) is 0 Å².